The summed E-state index contributed by atoms with van der Waals surface area (Å²) in [5.74, 6) is -0.0784. The summed E-state index contributed by atoms with van der Waals surface area (Å²) in [4.78, 5) is 21.8. The van der Waals surface area contributed by atoms with Crippen molar-refractivity contribution in [2.24, 2.45) is 0 Å². The van der Waals surface area contributed by atoms with Gasteiger partial charge in [0, 0.05) is 25.0 Å². The quantitative estimate of drug-likeness (QED) is 0.882. The monoisotopic (exact) mass is 263 g/mol. The number of piperidine rings is 1. The number of aryl methyl sites for hydroxylation is 1. The molecule has 1 fully saturated rings. The van der Waals surface area contributed by atoms with Gasteiger partial charge in [0.05, 0.1) is 6.42 Å². The van der Waals surface area contributed by atoms with Crippen molar-refractivity contribution in [3.8, 4) is 0 Å². The van der Waals surface area contributed by atoms with E-state index >= 15 is 0 Å². The highest BCUT2D eigenvalue weighted by Crippen LogP contribution is 2.23. The maximum Gasteiger partial charge on any atom is 0.305 e. The highest BCUT2D eigenvalue weighted by Gasteiger charge is 2.26. The van der Waals surface area contributed by atoms with E-state index in [9.17, 15) is 4.79 Å². The van der Waals surface area contributed by atoms with E-state index < -0.39 is 5.97 Å². The van der Waals surface area contributed by atoms with Gasteiger partial charge in [0.2, 0.25) is 5.95 Å². The number of nitrogens with zero attached hydrogens (tertiary/aromatic N) is 3. The first-order valence-corrected chi connectivity index (χ1v) is 7.00. The van der Waals surface area contributed by atoms with Crippen molar-refractivity contribution in [1.82, 2.24) is 9.97 Å². The second-order valence-corrected chi connectivity index (χ2v) is 5.08. The van der Waals surface area contributed by atoms with Gasteiger partial charge < -0.3 is 10.0 Å². The summed E-state index contributed by atoms with van der Waals surface area (Å²) in [6.45, 7) is 2.98. The highest BCUT2D eigenvalue weighted by atomic mass is 16.4. The van der Waals surface area contributed by atoms with Gasteiger partial charge in [-0.25, -0.2) is 9.97 Å². The summed E-state index contributed by atoms with van der Waals surface area (Å²) < 4.78 is 0. The number of aliphatic carboxylic acids is 1. The van der Waals surface area contributed by atoms with Crippen molar-refractivity contribution < 1.29 is 9.90 Å². The van der Waals surface area contributed by atoms with Crippen LogP contribution >= 0.6 is 0 Å². The molecule has 0 amide bonds. The molecule has 0 aromatic carbocycles. The lowest BCUT2D eigenvalue weighted by Crippen LogP contribution is -2.41. The summed E-state index contributed by atoms with van der Waals surface area (Å²) in [5, 5.41) is 8.98. The maximum atomic E-state index is 10.9. The molecule has 0 saturated carbocycles. The average molecular weight is 263 g/mol. The number of carboxylic acid groups (broad SMARTS) is 1. The van der Waals surface area contributed by atoms with Crippen LogP contribution in [0.25, 0.3) is 0 Å². The molecule has 1 atom stereocenters. The Morgan fingerprint density at radius 2 is 2.16 bits per heavy atom. The molecular formula is C14H21N3O2. The van der Waals surface area contributed by atoms with Crippen molar-refractivity contribution in [1.29, 1.82) is 0 Å². The van der Waals surface area contributed by atoms with Crippen molar-refractivity contribution in [2.45, 2.75) is 51.5 Å². The lowest BCUT2D eigenvalue weighted by molar-refractivity contribution is -0.137. The molecule has 5 nitrogen and oxygen atoms in total. The van der Waals surface area contributed by atoms with Gasteiger partial charge in [-0.15, -0.1) is 0 Å². The molecule has 0 bridgehead atoms. The summed E-state index contributed by atoms with van der Waals surface area (Å²) in [6.07, 6.45) is 9.02. The van der Waals surface area contributed by atoms with Gasteiger partial charge in [-0.2, -0.15) is 0 Å². The second kappa shape index (κ2) is 6.50. The van der Waals surface area contributed by atoms with Crippen LogP contribution in [0, 0.1) is 0 Å². The normalized spacial score (nSPS) is 19.4. The third-order valence-corrected chi connectivity index (χ3v) is 3.52. The summed E-state index contributed by atoms with van der Waals surface area (Å²) >= 11 is 0. The number of hydrogen-bond donors (Lipinski definition) is 1. The van der Waals surface area contributed by atoms with Gasteiger partial charge in [0.25, 0.3) is 0 Å². The highest BCUT2D eigenvalue weighted by molar-refractivity contribution is 5.68. The molecule has 19 heavy (non-hydrogen) atoms. The lowest BCUT2D eigenvalue weighted by atomic mass is 10.00. The maximum absolute atomic E-state index is 10.9. The Morgan fingerprint density at radius 3 is 2.79 bits per heavy atom. The molecule has 1 unspecified atom stereocenters. The van der Waals surface area contributed by atoms with Gasteiger partial charge in [-0.05, 0) is 31.2 Å². The molecule has 0 radical (unpaired) electrons. The van der Waals surface area contributed by atoms with Crippen molar-refractivity contribution >= 4 is 11.9 Å². The van der Waals surface area contributed by atoms with Gasteiger partial charge in [-0.3, -0.25) is 4.79 Å². The Hall–Kier alpha value is -1.65. The van der Waals surface area contributed by atoms with Gasteiger partial charge >= 0.3 is 5.97 Å². The van der Waals surface area contributed by atoms with Crippen molar-refractivity contribution in [3.63, 3.8) is 0 Å². The van der Waals surface area contributed by atoms with Crippen LogP contribution in [0.5, 0.6) is 0 Å². The molecule has 1 saturated heterocycles. The van der Waals surface area contributed by atoms with Crippen LogP contribution in [-0.2, 0) is 11.2 Å². The largest absolute Gasteiger partial charge is 0.481 e. The zero-order chi connectivity index (χ0) is 13.7. The Labute approximate surface area is 113 Å². The minimum Gasteiger partial charge on any atom is -0.481 e. The predicted molar refractivity (Wildman–Crippen MR) is 73.3 cm³/mol. The molecular weight excluding hydrogens is 242 g/mol. The van der Waals surface area contributed by atoms with E-state index in [1.807, 2.05) is 17.3 Å². The smallest absolute Gasteiger partial charge is 0.305 e. The van der Waals surface area contributed by atoms with Crippen LogP contribution in [-0.4, -0.2) is 33.6 Å². The third kappa shape index (κ3) is 3.66. The Morgan fingerprint density at radius 1 is 1.42 bits per heavy atom. The number of rotatable bonds is 5. The molecule has 1 aliphatic rings. The first kappa shape index (κ1) is 13.8. The predicted octanol–water partition coefficient (Wildman–Crippen LogP) is 2.26. The average Bonchev–Trinajstić information content (AvgIpc) is 2.40. The second-order valence-electron chi connectivity index (χ2n) is 5.08. The van der Waals surface area contributed by atoms with E-state index in [0.717, 1.165) is 44.2 Å². The summed E-state index contributed by atoms with van der Waals surface area (Å²) in [5.41, 5.74) is 1.14. The zero-order valence-electron chi connectivity index (χ0n) is 11.4. The van der Waals surface area contributed by atoms with E-state index in [1.165, 1.54) is 0 Å². The fraction of sp³-hybridized carbons (Fsp3) is 0.643. The molecule has 104 valence electrons. The Kier molecular flexibility index (Phi) is 4.71. The Bertz CT molecular complexity index is 419. The number of carboxylic acids is 1. The molecule has 2 rings (SSSR count). The number of aromatic nitrogens is 2. The number of anilines is 1. The molecule has 0 aliphatic carbocycles. The van der Waals surface area contributed by atoms with Crippen LogP contribution < -0.4 is 4.90 Å². The number of hydrogen-bond acceptors (Lipinski definition) is 4. The molecule has 1 aromatic heterocycles. The van der Waals surface area contributed by atoms with Crippen LogP contribution in [0.15, 0.2) is 12.4 Å². The van der Waals surface area contributed by atoms with Gasteiger partial charge in [0.15, 0.2) is 0 Å². The molecule has 2 heterocycles. The van der Waals surface area contributed by atoms with E-state index in [4.69, 9.17) is 5.11 Å². The van der Waals surface area contributed by atoms with E-state index in [2.05, 4.69) is 16.9 Å². The van der Waals surface area contributed by atoms with Crippen LogP contribution in [0.3, 0.4) is 0 Å². The first-order valence-electron chi connectivity index (χ1n) is 7.00. The van der Waals surface area contributed by atoms with E-state index in [1.54, 1.807) is 0 Å². The molecule has 5 heteroatoms. The van der Waals surface area contributed by atoms with Gasteiger partial charge in [0.1, 0.15) is 0 Å². The van der Waals surface area contributed by atoms with Crippen LogP contribution in [0.4, 0.5) is 5.95 Å². The van der Waals surface area contributed by atoms with Crippen LogP contribution in [0.2, 0.25) is 0 Å². The van der Waals surface area contributed by atoms with Crippen molar-refractivity contribution in [2.75, 3.05) is 11.4 Å². The SMILES string of the molecule is CCCc1cnc(N2CCCCC2CC(=O)O)nc1. The minimum atomic E-state index is -0.750. The lowest BCUT2D eigenvalue weighted by Gasteiger charge is -2.34. The van der Waals surface area contributed by atoms with Crippen molar-refractivity contribution in [3.05, 3.63) is 18.0 Å². The summed E-state index contributed by atoms with van der Waals surface area (Å²) in [7, 11) is 0. The molecule has 1 aromatic rings. The first-order chi connectivity index (χ1) is 9.20. The van der Waals surface area contributed by atoms with Gasteiger partial charge in [-0.1, -0.05) is 13.3 Å². The minimum absolute atomic E-state index is 0.0308. The molecule has 1 aliphatic heterocycles. The van der Waals surface area contributed by atoms with E-state index in [-0.39, 0.29) is 12.5 Å². The zero-order valence-corrected chi connectivity index (χ0v) is 11.4. The van der Waals surface area contributed by atoms with E-state index in [0.29, 0.717) is 5.95 Å². The fourth-order valence-corrected chi connectivity index (χ4v) is 2.59. The third-order valence-electron chi connectivity index (χ3n) is 3.52. The van der Waals surface area contributed by atoms with Crippen LogP contribution in [0.1, 0.15) is 44.6 Å². The topological polar surface area (TPSA) is 66.3 Å². The standard InChI is InChI=1S/C14H21N3O2/c1-2-5-11-9-15-14(16-10-11)17-7-4-3-6-12(17)8-13(18)19/h9-10,12H,2-8H2,1H3,(H,18,19). The molecule has 0 spiro atoms. The fourth-order valence-electron chi connectivity index (χ4n) is 2.59. The molecule has 1 N–H and O–H groups in total. The Balaban J connectivity index is 2.10. The number of carbonyl (C=O) groups is 1. The summed E-state index contributed by atoms with van der Waals surface area (Å²) in [6, 6.07) is 0.0308.